The zero-order valence-electron chi connectivity index (χ0n) is 10.1. The highest BCUT2D eigenvalue weighted by atomic mass is 79.9. The number of rotatable bonds is 4. The van der Waals surface area contributed by atoms with E-state index in [1.165, 1.54) is 0 Å². The summed E-state index contributed by atoms with van der Waals surface area (Å²) in [7, 11) is 0. The van der Waals surface area contributed by atoms with Crippen LogP contribution in [0.5, 0.6) is 0 Å². The quantitative estimate of drug-likeness (QED) is 0.912. The molecule has 3 nitrogen and oxygen atoms in total. The minimum atomic E-state index is -0.517. The lowest BCUT2D eigenvalue weighted by atomic mass is 9.93. The Morgan fingerprint density at radius 1 is 1.17 bits per heavy atom. The van der Waals surface area contributed by atoms with Crippen molar-refractivity contribution >= 4 is 21.6 Å². The SMILES string of the molecule is CC(CO)(Nc1ccc(Br)cc1)c1ccncc1. The summed E-state index contributed by atoms with van der Waals surface area (Å²) in [5.41, 5.74) is 1.45. The number of benzene rings is 1. The van der Waals surface area contributed by atoms with Crippen LogP contribution < -0.4 is 5.32 Å². The minimum absolute atomic E-state index is 0.00702. The van der Waals surface area contributed by atoms with Gasteiger partial charge in [-0.3, -0.25) is 4.98 Å². The largest absolute Gasteiger partial charge is 0.394 e. The summed E-state index contributed by atoms with van der Waals surface area (Å²) in [5, 5.41) is 13.0. The Hall–Kier alpha value is -1.39. The van der Waals surface area contributed by atoms with E-state index in [2.05, 4.69) is 26.2 Å². The number of aliphatic hydroxyl groups is 1. The summed E-state index contributed by atoms with van der Waals surface area (Å²) >= 11 is 3.40. The monoisotopic (exact) mass is 306 g/mol. The maximum absolute atomic E-state index is 9.66. The lowest BCUT2D eigenvalue weighted by Gasteiger charge is -2.30. The summed E-state index contributed by atoms with van der Waals surface area (Å²) in [5.74, 6) is 0. The second-order valence-corrected chi connectivity index (χ2v) is 5.27. The Balaban J connectivity index is 2.26. The van der Waals surface area contributed by atoms with Gasteiger partial charge in [-0.1, -0.05) is 15.9 Å². The third-order valence-corrected chi connectivity index (χ3v) is 3.43. The van der Waals surface area contributed by atoms with Crippen LogP contribution in [0.2, 0.25) is 0 Å². The van der Waals surface area contributed by atoms with Crippen molar-refractivity contribution in [1.29, 1.82) is 0 Å². The molecule has 0 bridgehead atoms. The lowest BCUT2D eigenvalue weighted by molar-refractivity contribution is 0.224. The van der Waals surface area contributed by atoms with Crippen molar-refractivity contribution < 1.29 is 5.11 Å². The molecule has 4 heteroatoms. The van der Waals surface area contributed by atoms with Crippen molar-refractivity contribution in [1.82, 2.24) is 4.98 Å². The second kappa shape index (κ2) is 5.50. The maximum Gasteiger partial charge on any atom is 0.0829 e. The minimum Gasteiger partial charge on any atom is -0.394 e. The Morgan fingerprint density at radius 3 is 2.33 bits per heavy atom. The predicted molar refractivity (Wildman–Crippen MR) is 76.4 cm³/mol. The van der Waals surface area contributed by atoms with Gasteiger partial charge in [0.1, 0.15) is 0 Å². The number of aromatic nitrogens is 1. The van der Waals surface area contributed by atoms with Gasteiger partial charge in [0, 0.05) is 22.6 Å². The average Bonchev–Trinajstić information content (AvgIpc) is 2.42. The van der Waals surface area contributed by atoms with Crippen LogP contribution in [0.4, 0.5) is 5.69 Å². The van der Waals surface area contributed by atoms with Gasteiger partial charge in [0.2, 0.25) is 0 Å². The molecule has 0 aliphatic heterocycles. The van der Waals surface area contributed by atoms with Gasteiger partial charge in [0.15, 0.2) is 0 Å². The molecule has 94 valence electrons. The van der Waals surface area contributed by atoms with Gasteiger partial charge in [-0.05, 0) is 48.9 Å². The summed E-state index contributed by atoms with van der Waals surface area (Å²) in [6, 6.07) is 11.7. The van der Waals surface area contributed by atoms with E-state index < -0.39 is 5.54 Å². The molecule has 2 aromatic rings. The number of hydrogen-bond donors (Lipinski definition) is 2. The van der Waals surface area contributed by atoms with Crippen LogP contribution in [0.1, 0.15) is 12.5 Å². The Kier molecular flexibility index (Phi) is 3.99. The molecule has 1 heterocycles. The lowest BCUT2D eigenvalue weighted by Crippen LogP contribution is -2.35. The predicted octanol–water partition coefficient (Wildman–Crippen LogP) is 3.16. The first kappa shape index (κ1) is 13.1. The van der Waals surface area contributed by atoms with Gasteiger partial charge >= 0.3 is 0 Å². The van der Waals surface area contributed by atoms with Gasteiger partial charge in [-0.15, -0.1) is 0 Å². The third-order valence-electron chi connectivity index (χ3n) is 2.90. The van der Waals surface area contributed by atoms with Crippen molar-refractivity contribution in [3.05, 3.63) is 58.8 Å². The Bertz CT molecular complexity index is 501. The van der Waals surface area contributed by atoms with Gasteiger partial charge in [-0.2, -0.15) is 0 Å². The number of anilines is 1. The number of hydrogen-bond acceptors (Lipinski definition) is 3. The first-order chi connectivity index (χ1) is 8.64. The van der Waals surface area contributed by atoms with Crippen LogP contribution in [-0.2, 0) is 5.54 Å². The van der Waals surface area contributed by atoms with E-state index in [0.29, 0.717) is 0 Å². The standard InChI is InChI=1S/C14H15BrN2O/c1-14(10-18,11-6-8-16-9-7-11)17-13-4-2-12(15)3-5-13/h2-9,17-18H,10H2,1H3. The van der Waals surface area contributed by atoms with E-state index in [0.717, 1.165) is 15.7 Å². The Morgan fingerprint density at radius 2 is 1.78 bits per heavy atom. The molecular weight excluding hydrogens is 292 g/mol. The fraction of sp³-hybridized carbons (Fsp3) is 0.214. The fourth-order valence-corrected chi connectivity index (χ4v) is 2.04. The normalized spacial score (nSPS) is 13.9. The zero-order chi connectivity index (χ0) is 13.0. The first-order valence-electron chi connectivity index (χ1n) is 5.69. The van der Waals surface area contributed by atoms with Crippen molar-refractivity contribution in [3.63, 3.8) is 0 Å². The van der Waals surface area contributed by atoms with E-state index in [9.17, 15) is 5.11 Å². The molecule has 0 saturated heterocycles. The first-order valence-corrected chi connectivity index (χ1v) is 6.48. The molecule has 0 saturated carbocycles. The van der Waals surface area contributed by atoms with E-state index in [-0.39, 0.29) is 6.61 Å². The molecule has 1 aromatic heterocycles. The van der Waals surface area contributed by atoms with E-state index in [1.807, 2.05) is 43.3 Å². The van der Waals surface area contributed by atoms with Crippen LogP contribution in [0.15, 0.2) is 53.3 Å². The molecule has 0 aliphatic carbocycles. The molecule has 0 aliphatic rings. The van der Waals surface area contributed by atoms with Crippen molar-refractivity contribution in [2.75, 3.05) is 11.9 Å². The molecular formula is C14H15BrN2O. The van der Waals surface area contributed by atoms with E-state index >= 15 is 0 Å². The van der Waals surface area contributed by atoms with Crippen LogP contribution in [0.3, 0.4) is 0 Å². The molecule has 1 atom stereocenters. The average molecular weight is 307 g/mol. The van der Waals surface area contributed by atoms with Gasteiger partial charge < -0.3 is 10.4 Å². The van der Waals surface area contributed by atoms with Crippen LogP contribution >= 0.6 is 15.9 Å². The van der Waals surface area contributed by atoms with Gasteiger partial charge in [0.25, 0.3) is 0 Å². The fourth-order valence-electron chi connectivity index (χ4n) is 1.77. The number of nitrogens with one attached hydrogen (secondary N) is 1. The molecule has 1 aromatic carbocycles. The molecule has 18 heavy (non-hydrogen) atoms. The van der Waals surface area contributed by atoms with Gasteiger partial charge in [0.05, 0.1) is 12.1 Å². The molecule has 0 radical (unpaired) electrons. The van der Waals surface area contributed by atoms with E-state index in [1.54, 1.807) is 12.4 Å². The molecule has 0 spiro atoms. The Labute approximate surface area is 115 Å². The molecule has 1 unspecified atom stereocenters. The van der Waals surface area contributed by atoms with E-state index in [4.69, 9.17) is 0 Å². The summed E-state index contributed by atoms with van der Waals surface area (Å²) in [6.07, 6.45) is 3.46. The van der Waals surface area contributed by atoms with Crippen LogP contribution in [0, 0.1) is 0 Å². The number of nitrogens with zero attached hydrogens (tertiary/aromatic N) is 1. The smallest absolute Gasteiger partial charge is 0.0829 e. The molecule has 2 rings (SSSR count). The second-order valence-electron chi connectivity index (χ2n) is 4.36. The number of aliphatic hydroxyl groups excluding tert-OH is 1. The summed E-state index contributed by atoms with van der Waals surface area (Å²) in [4.78, 5) is 4.00. The molecule has 0 fully saturated rings. The van der Waals surface area contributed by atoms with Crippen molar-refractivity contribution in [2.45, 2.75) is 12.5 Å². The highest BCUT2D eigenvalue weighted by Gasteiger charge is 2.25. The van der Waals surface area contributed by atoms with Crippen LogP contribution in [-0.4, -0.2) is 16.7 Å². The number of pyridine rings is 1. The van der Waals surface area contributed by atoms with Crippen molar-refractivity contribution in [2.24, 2.45) is 0 Å². The summed E-state index contributed by atoms with van der Waals surface area (Å²) in [6.45, 7) is 1.97. The van der Waals surface area contributed by atoms with Gasteiger partial charge in [-0.25, -0.2) is 0 Å². The maximum atomic E-state index is 9.66. The van der Waals surface area contributed by atoms with Crippen LogP contribution in [0.25, 0.3) is 0 Å². The topological polar surface area (TPSA) is 45.1 Å². The highest BCUT2D eigenvalue weighted by molar-refractivity contribution is 9.10. The number of halogens is 1. The summed E-state index contributed by atoms with van der Waals surface area (Å²) < 4.78 is 1.03. The highest BCUT2D eigenvalue weighted by Crippen LogP contribution is 2.26. The molecule has 0 amide bonds. The van der Waals surface area contributed by atoms with Crippen molar-refractivity contribution in [3.8, 4) is 0 Å². The third kappa shape index (κ3) is 2.89. The zero-order valence-corrected chi connectivity index (χ0v) is 11.7. The molecule has 2 N–H and O–H groups in total.